The molecule has 4 aromatic rings. The predicted octanol–water partition coefficient (Wildman–Crippen LogP) is 1.34. The fourth-order valence-corrected chi connectivity index (χ4v) is 10.1. The van der Waals surface area contributed by atoms with Gasteiger partial charge < -0.3 is 14.4 Å². The second kappa shape index (κ2) is 13.1. The van der Waals surface area contributed by atoms with Crippen LogP contribution < -0.4 is 44.8 Å². The molecule has 0 atom stereocenters. The van der Waals surface area contributed by atoms with Gasteiger partial charge >= 0.3 is 18.9 Å². The van der Waals surface area contributed by atoms with Crippen molar-refractivity contribution in [2.75, 3.05) is 13.2 Å². The van der Waals surface area contributed by atoms with Crippen LogP contribution >= 0.6 is 0 Å². The minimum absolute atomic E-state index is 0. The molecule has 0 bridgehead atoms. The molecule has 5 heteroatoms. The monoisotopic (exact) mass is 541 g/mol. The summed E-state index contributed by atoms with van der Waals surface area (Å²) in [5.74, 6) is -0.0412. The third kappa shape index (κ3) is 6.32. The van der Waals surface area contributed by atoms with Gasteiger partial charge in [0.2, 0.25) is 0 Å². The molecule has 40 heavy (non-hydrogen) atoms. The third-order valence-electron chi connectivity index (χ3n) is 7.70. The Hall–Kier alpha value is -3.01. The molecule has 0 unspecified atom stereocenters. The Balaban J connectivity index is 0.00000441. The smallest absolute Gasteiger partial charge is 0.860 e. The molecular weight excluding hydrogens is 501 g/mol. The maximum absolute atomic E-state index is 14.1. The van der Waals surface area contributed by atoms with Crippen molar-refractivity contribution in [3.63, 3.8) is 0 Å². The van der Waals surface area contributed by atoms with E-state index in [4.69, 9.17) is 4.43 Å². The molecule has 0 radical (unpaired) electrons. The van der Waals surface area contributed by atoms with Crippen molar-refractivity contribution in [1.82, 2.24) is 4.90 Å². The van der Waals surface area contributed by atoms with Crippen molar-refractivity contribution in [2.45, 2.75) is 45.2 Å². The van der Waals surface area contributed by atoms with Gasteiger partial charge in [0.1, 0.15) is 0 Å². The van der Waals surface area contributed by atoms with Crippen LogP contribution in [0.5, 0.6) is 0 Å². The second-order valence-corrected chi connectivity index (χ2v) is 15.9. The topological polar surface area (TPSA) is 35.5 Å². The Morgan fingerprint density at radius 2 is 1.18 bits per heavy atom. The van der Waals surface area contributed by atoms with Crippen molar-refractivity contribution in [3.8, 4) is 0 Å². The van der Waals surface area contributed by atoms with Crippen LogP contribution in [0.4, 0.5) is 0 Å². The van der Waals surface area contributed by atoms with E-state index in [1.165, 1.54) is 10.4 Å². The van der Waals surface area contributed by atoms with Gasteiger partial charge in [0.15, 0.2) is 0 Å². The van der Waals surface area contributed by atoms with E-state index in [1.807, 2.05) is 47.4 Å². The zero-order valence-corrected chi connectivity index (χ0v) is 25.9. The maximum atomic E-state index is 14.1. The van der Waals surface area contributed by atoms with Gasteiger partial charge in [0.05, 0.1) is 12.1 Å². The summed E-state index contributed by atoms with van der Waals surface area (Å²) in [6.45, 7) is 16.0. The molecule has 202 valence electrons. The number of hydrogen-bond acceptors (Lipinski definition) is 3. The molecule has 0 spiro atoms. The summed E-state index contributed by atoms with van der Waals surface area (Å²) in [5, 5.41) is 17.8. The normalized spacial score (nSPS) is 12.8. The third-order valence-corrected chi connectivity index (χ3v) is 12.7. The Morgan fingerprint density at radius 3 is 1.65 bits per heavy atom. The van der Waals surface area contributed by atoms with Crippen molar-refractivity contribution in [2.24, 2.45) is 0 Å². The fraction of sp³-hybridized carbons (Fsp3) is 0.257. The van der Waals surface area contributed by atoms with E-state index >= 15 is 0 Å². The summed E-state index contributed by atoms with van der Waals surface area (Å²) in [6, 6.07) is 39.0. The van der Waals surface area contributed by atoms with Gasteiger partial charge in [-0.1, -0.05) is 143 Å². The van der Waals surface area contributed by atoms with Crippen LogP contribution in [-0.2, 0) is 9.96 Å². The number of rotatable bonds is 9. The molecule has 0 saturated heterocycles. The zero-order valence-electron chi connectivity index (χ0n) is 24.9. The van der Waals surface area contributed by atoms with Gasteiger partial charge in [-0.05, 0) is 51.1 Å². The minimum Gasteiger partial charge on any atom is -0.860 e. The van der Waals surface area contributed by atoms with Gasteiger partial charge in [-0.25, -0.2) is 0 Å². The van der Waals surface area contributed by atoms with E-state index in [9.17, 15) is 5.11 Å². The van der Waals surface area contributed by atoms with Gasteiger partial charge in [0.25, 0.3) is 8.32 Å². The predicted molar refractivity (Wildman–Crippen MR) is 164 cm³/mol. The molecule has 0 amide bonds. The first-order valence-electron chi connectivity index (χ1n) is 13.6. The van der Waals surface area contributed by atoms with Gasteiger partial charge in [-0.3, -0.25) is 0 Å². The molecular formula is C35H40LiNO2Si. The first-order valence-corrected chi connectivity index (χ1v) is 15.5. The van der Waals surface area contributed by atoms with Crippen molar-refractivity contribution < 1.29 is 28.4 Å². The number of hydrogen-bond donors (Lipinski definition) is 0. The first-order chi connectivity index (χ1) is 18.6. The Bertz CT molecular complexity index is 1430. The SMILES string of the molecule is C=c1cccc/c1=C(/[O-])N(CCO[Si](c1ccccc1)(c1ccccc1)C(C)(C)C)C(C)(C)c1ccccc1.[Li+]. The zero-order chi connectivity index (χ0) is 28.1. The van der Waals surface area contributed by atoms with Crippen LogP contribution in [0.15, 0.2) is 115 Å². The Morgan fingerprint density at radius 1 is 0.725 bits per heavy atom. The van der Waals surface area contributed by atoms with Gasteiger partial charge in [0, 0.05) is 6.54 Å². The van der Waals surface area contributed by atoms with E-state index in [-0.39, 0.29) is 29.8 Å². The van der Waals surface area contributed by atoms with Gasteiger partial charge in [-0.2, -0.15) is 0 Å². The van der Waals surface area contributed by atoms with E-state index in [0.29, 0.717) is 18.4 Å². The summed E-state index contributed by atoms with van der Waals surface area (Å²) in [6.07, 6.45) is 0. The Kier molecular flexibility index (Phi) is 10.3. The van der Waals surface area contributed by atoms with Crippen LogP contribution in [0.1, 0.15) is 40.2 Å². The fourth-order valence-electron chi connectivity index (χ4n) is 5.56. The molecule has 0 saturated carbocycles. The standard InChI is InChI=1S/C35H41NO2Si.Li/c1-28-18-16-17-25-32(28)33(37)36(35(5,6)29-19-10-7-11-20-29)26-27-38-39(34(2,3)4,30-21-12-8-13-22-30)31-23-14-9-15-24-31;/h7-25,37H,1,26-27H2,2-6H3;/q;+1/p-1/b33-32-;. The molecule has 3 nitrogen and oxygen atoms in total. The second-order valence-electron chi connectivity index (χ2n) is 11.6. The number of nitrogens with zero attached hydrogens (tertiary/aromatic N) is 1. The van der Waals surface area contributed by atoms with Crippen LogP contribution in [0.25, 0.3) is 12.5 Å². The largest absolute Gasteiger partial charge is 1.00 e. The maximum Gasteiger partial charge on any atom is 1.00 e. The van der Waals surface area contributed by atoms with Crippen molar-refractivity contribution in [1.29, 1.82) is 0 Å². The molecule has 0 N–H and O–H groups in total. The van der Waals surface area contributed by atoms with Crippen molar-refractivity contribution >= 4 is 31.2 Å². The van der Waals surface area contributed by atoms with Crippen LogP contribution in [0.3, 0.4) is 0 Å². The summed E-state index contributed by atoms with van der Waals surface area (Å²) in [5.41, 5.74) is 0.514. The Labute approximate surface area is 253 Å². The summed E-state index contributed by atoms with van der Waals surface area (Å²) in [7, 11) is -2.73. The van der Waals surface area contributed by atoms with Crippen LogP contribution in [0, 0.1) is 0 Å². The van der Waals surface area contributed by atoms with E-state index in [1.54, 1.807) is 0 Å². The molecule has 0 aliphatic carbocycles. The quantitative estimate of drug-likeness (QED) is 0.300. The minimum atomic E-state index is -2.73. The molecule has 0 heterocycles. The van der Waals surface area contributed by atoms with Crippen LogP contribution in [-0.4, -0.2) is 26.4 Å². The number of benzene rings is 4. The first kappa shape index (κ1) is 31.5. The average molecular weight is 542 g/mol. The summed E-state index contributed by atoms with van der Waals surface area (Å²) >= 11 is 0. The van der Waals surface area contributed by atoms with E-state index in [2.05, 4.69) is 114 Å². The van der Waals surface area contributed by atoms with Crippen LogP contribution in [0.2, 0.25) is 5.04 Å². The molecule has 4 rings (SSSR count). The molecule has 0 aliphatic rings. The molecule has 4 aromatic carbocycles. The van der Waals surface area contributed by atoms with E-state index < -0.39 is 13.9 Å². The van der Waals surface area contributed by atoms with Gasteiger partial charge in [-0.15, -0.1) is 0 Å². The van der Waals surface area contributed by atoms with E-state index in [0.717, 1.165) is 10.8 Å². The molecule has 0 fully saturated rings. The average Bonchev–Trinajstić information content (AvgIpc) is 2.94. The molecule has 0 aliphatic heterocycles. The summed E-state index contributed by atoms with van der Waals surface area (Å²) < 4.78 is 7.17. The van der Waals surface area contributed by atoms with Crippen molar-refractivity contribution in [3.05, 3.63) is 131 Å². The summed E-state index contributed by atoms with van der Waals surface area (Å²) in [4.78, 5) is 1.95. The molecule has 0 aromatic heterocycles.